The number of hydrogen-bond donors (Lipinski definition) is 2. The van der Waals surface area contributed by atoms with Gasteiger partial charge < -0.3 is 10.3 Å². The molecule has 2 heterocycles. The van der Waals surface area contributed by atoms with Crippen LogP contribution in [0.15, 0.2) is 24.3 Å². The fraction of sp³-hybridized carbons (Fsp3) is 0.429. The van der Waals surface area contributed by atoms with Crippen LogP contribution in [0, 0.1) is 11.7 Å². The van der Waals surface area contributed by atoms with Crippen LogP contribution in [0.1, 0.15) is 18.5 Å². The summed E-state index contributed by atoms with van der Waals surface area (Å²) in [6.07, 6.45) is 3.56. The standard InChI is InChI=1S/C14H17FN2/c15-12-1-2-14-11(8-12)9-13(17-14)7-10-3-5-16-6-4-10/h1-2,8-10,16-17H,3-7H2. The van der Waals surface area contributed by atoms with Gasteiger partial charge in [-0.1, -0.05) is 0 Å². The van der Waals surface area contributed by atoms with Crippen LogP contribution in [-0.4, -0.2) is 18.1 Å². The molecule has 2 aromatic rings. The van der Waals surface area contributed by atoms with Gasteiger partial charge in [-0.05, 0) is 62.5 Å². The van der Waals surface area contributed by atoms with Gasteiger partial charge in [-0.25, -0.2) is 4.39 Å². The quantitative estimate of drug-likeness (QED) is 0.818. The van der Waals surface area contributed by atoms with Crippen LogP contribution in [0.3, 0.4) is 0 Å². The monoisotopic (exact) mass is 232 g/mol. The molecule has 1 saturated heterocycles. The van der Waals surface area contributed by atoms with E-state index in [1.165, 1.54) is 24.6 Å². The van der Waals surface area contributed by atoms with Crippen LogP contribution in [0.25, 0.3) is 10.9 Å². The molecule has 2 nitrogen and oxygen atoms in total. The first kappa shape index (κ1) is 10.8. The minimum absolute atomic E-state index is 0.162. The van der Waals surface area contributed by atoms with E-state index in [1.807, 2.05) is 6.07 Å². The Morgan fingerprint density at radius 3 is 2.82 bits per heavy atom. The predicted octanol–water partition coefficient (Wildman–Crippen LogP) is 2.85. The SMILES string of the molecule is Fc1ccc2[nH]c(CC3CCNCC3)cc2c1. The van der Waals surface area contributed by atoms with Crippen molar-refractivity contribution in [3.8, 4) is 0 Å². The van der Waals surface area contributed by atoms with E-state index in [4.69, 9.17) is 0 Å². The Labute approximate surface area is 100 Å². The van der Waals surface area contributed by atoms with Gasteiger partial charge in [0.25, 0.3) is 0 Å². The van der Waals surface area contributed by atoms with Crippen LogP contribution in [0.5, 0.6) is 0 Å². The number of aromatic nitrogens is 1. The van der Waals surface area contributed by atoms with Crippen LogP contribution >= 0.6 is 0 Å². The van der Waals surface area contributed by atoms with E-state index in [-0.39, 0.29) is 5.82 Å². The zero-order valence-corrected chi connectivity index (χ0v) is 9.80. The van der Waals surface area contributed by atoms with Gasteiger partial charge in [0.2, 0.25) is 0 Å². The summed E-state index contributed by atoms with van der Waals surface area (Å²) in [4.78, 5) is 3.38. The molecule has 0 radical (unpaired) electrons. The first-order chi connectivity index (χ1) is 8.31. The molecule has 1 aromatic carbocycles. The van der Waals surface area contributed by atoms with Crippen molar-refractivity contribution in [2.75, 3.05) is 13.1 Å². The molecule has 0 saturated carbocycles. The fourth-order valence-corrected chi connectivity index (χ4v) is 2.67. The second-order valence-electron chi connectivity index (χ2n) is 4.92. The summed E-state index contributed by atoms with van der Waals surface area (Å²) >= 11 is 0. The van der Waals surface area contributed by atoms with Gasteiger partial charge in [-0.2, -0.15) is 0 Å². The second-order valence-corrected chi connectivity index (χ2v) is 4.92. The minimum atomic E-state index is -0.162. The van der Waals surface area contributed by atoms with Gasteiger partial charge in [0.05, 0.1) is 0 Å². The normalized spacial score (nSPS) is 17.7. The molecule has 0 atom stereocenters. The number of hydrogen-bond acceptors (Lipinski definition) is 1. The lowest BCUT2D eigenvalue weighted by molar-refractivity contribution is 0.371. The van der Waals surface area contributed by atoms with Crippen LogP contribution in [0.4, 0.5) is 4.39 Å². The molecule has 90 valence electrons. The van der Waals surface area contributed by atoms with Gasteiger partial charge >= 0.3 is 0 Å². The Balaban J connectivity index is 1.80. The smallest absolute Gasteiger partial charge is 0.123 e. The average molecular weight is 232 g/mol. The highest BCUT2D eigenvalue weighted by Crippen LogP contribution is 2.22. The molecule has 1 aromatic heterocycles. The highest BCUT2D eigenvalue weighted by molar-refractivity contribution is 5.80. The van der Waals surface area contributed by atoms with Gasteiger partial charge in [0, 0.05) is 16.6 Å². The molecule has 17 heavy (non-hydrogen) atoms. The van der Waals surface area contributed by atoms with Crippen LogP contribution in [0.2, 0.25) is 0 Å². The molecule has 3 heteroatoms. The first-order valence-corrected chi connectivity index (χ1v) is 6.29. The van der Waals surface area contributed by atoms with Crippen molar-refractivity contribution < 1.29 is 4.39 Å². The molecule has 0 unspecified atom stereocenters. The molecular formula is C14H17FN2. The Morgan fingerprint density at radius 1 is 1.18 bits per heavy atom. The lowest BCUT2D eigenvalue weighted by Gasteiger charge is -2.21. The largest absolute Gasteiger partial charge is 0.358 e. The summed E-state index contributed by atoms with van der Waals surface area (Å²) in [5, 5.41) is 4.36. The zero-order chi connectivity index (χ0) is 11.7. The number of benzene rings is 1. The molecule has 0 aliphatic carbocycles. The van der Waals surface area contributed by atoms with E-state index < -0.39 is 0 Å². The average Bonchev–Trinajstić information content (AvgIpc) is 2.71. The molecule has 3 rings (SSSR count). The minimum Gasteiger partial charge on any atom is -0.358 e. The summed E-state index contributed by atoms with van der Waals surface area (Å²) in [5.74, 6) is 0.596. The number of nitrogens with one attached hydrogen (secondary N) is 2. The molecule has 0 spiro atoms. The summed E-state index contributed by atoms with van der Waals surface area (Å²) < 4.78 is 13.1. The Morgan fingerprint density at radius 2 is 2.00 bits per heavy atom. The predicted molar refractivity (Wildman–Crippen MR) is 67.6 cm³/mol. The van der Waals surface area contributed by atoms with Crippen molar-refractivity contribution in [2.45, 2.75) is 19.3 Å². The maximum Gasteiger partial charge on any atom is 0.123 e. The van der Waals surface area contributed by atoms with E-state index in [9.17, 15) is 4.39 Å². The maximum atomic E-state index is 13.1. The lowest BCUT2D eigenvalue weighted by Crippen LogP contribution is -2.28. The molecule has 1 aliphatic heterocycles. The molecule has 2 N–H and O–H groups in total. The van der Waals surface area contributed by atoms with Crippen molar-refractivity contribution in [3.63, 3.8) is 0 Å². The number of H-pyrrole nitrogens is 1. The lowest BCUT2D eigenvalue weighted by atomic mass is 9.93. The maximum absolute atomic E-state index is 13.1. The van der Waals surface area contributed by atoms with E-state index in [0.717, 1.165) is 36.3 Å². The third-order valence-electron chi connectivity index (χ3n) is 3.61. The van der Waals surface area contributed by atoms with E-state index >= 15 is 0 Å². The van der Waals surface area contributed by atoms with Gasteiger partial charge in [-0.15, -0.1) is 0 Å². The van der Waals surface area contributed by atoms with Gasteiger partial charge in [0.15, 0.2) is 0 Å². The van der Waals surface area contributed by atoms with Crippen molar-refractivity contribution >= 4 is 10.9 Å². The first-order valence-electron chi connectivity index (χ1n) is 6.29. The van der Waals surface area contributed by atoms with Crippen molar-refractivity contribution in [3.05, 3.63) is 35.8 Å². The van der Waals surface area contributed by atoms with E-state index in [2.05, 4.69) is 16.4 Å². The zero-order valence-electron chi connectivity index (χ0n) is 9.80. The molecule has 1 aliphatic rings. The van der Waals surface area contributed by atoms with E-state index in [1.54, 1.807) is 6.07 Å². The summed E-state index contributed by atoms with van der Waals surface area (Å²) in [5.41, 5.74) is 2.27. The second kappa shape index (κ2) is 4.49. The number of fused-ring (bicyclic) bond motifs is 1. The third kappa shape index (κ3) is 2.34. The third-order valence-corrected chi connectivity index (χ3v) is 3.61. The molecular weight excluding hydrogens is 215 g/mol. The van der Waals surface area contributed by atoms with Gasteiger partial charge in [-0.3, -0.25) is 0 Å². The molecule has 0 bridgehead atoms. The summed E-state index contributed by atoms with van der Waals surface area (Å²) in [7, 11) is 0. The highest BCUT2D eigenvalue weighted by Gasteiger charge is 2.14. The van der Waals surface area contributed by atoms with Crippen molar-refractivity contribution in [1.82, 2.24) is 10.3 Å². The number of aromatic amines is 1. The topological polar surface area (TPSA) is 27.8 Å². The Kier molecular flexibility index (Phi) is 2.85. The molecule has 0 amide bonds. The van der Waals surface area contributed by atoms with Gasteiger partial charge in [0.1, 0.15) is 5.82 Å². The van der Waals surface area contributed by atoms with Crippen LogP contribution in [-0.2, 0) is 6.42 Å². The van der Waals surface area contributed by atoms with Crippen molar-refractivity contribution in [1.29, 1.82) is 0 Å². The van der Waals surface area contributed by atoms with Crippen molar-refractivity contribution in [2.24, 2.45) is 5.92 Å². The van der Waals surface area contributed by atoms with E-state index in [0.29, 0.717) is 0 Å². The number of halogens is 1. The number of rotatable bonds is 2. The summed E-state index contributed by atoms with van der Waals surface area (Å²) in [6, 6.07) is 7.00. The number of piperidine rings is 1. The Hall–Kier alpha value is -1.35. The fourth-order valence-electron chi connectivity index (χ4n) is 2.67. The summed E-state index contributed by atoms with van der Waals surface area (Å²) in [6.45, 7) is 2.25. The highest BCUT2D eigenvalue weighted by atomic mass is 19.1. The molecule has 1 fully saturated rings. The Bertz CT molecular complexity index is 512. The van der Waals surface area contributed by atoms with Crippen LogP contribution < -0.4 is 5.32 Å².